The smallest absolute Gasteiger partial charge is 0.305 e. The third-order valence-corrected chi connectivity index (χ3v) is 3.60. The summed E-state index contributed by atoms with van der Waals surface area (Å²) in [4.78, 5) is 22.0. The molecule has 7 nitrogen and oxygen atoms in total. The molecule has 1 atom stereocenters. The second-order valence-electron chi connectivity index (χ2n) is 4.08. The molecule has 106 valence electrons. The van der Waals surface area contributed by atoms with Gasteiger partial charge in [0.15, 0.2) is 5.17 Å². The minimum absolute atomic E-state index is 0.255. The average molecular weight is 302 g/mol. The van der Waals surface area contributed by atoms with E-state index in [-0.39, 0.29) is 17.5 Å². The summed E-state index contributed by atoms with van der Waals surface area (Å²) < 4.78 is 0. The maximum Gasteiger partial charge on any atom is 0.305 e. The van der Waals surface area contributed by atoms with Crippen molar-refractivity contribution in [1.29, 1.82) is 5.26 Å². The van der Waals surface area contributed by atoms with Gasteiger partial charge in [0.25, 0.3) is 0 Å². The molecule has 2 rings (SSSR count). The van der Waals surface area contributed by atoms with E-state index in [4.69, 9.17) is 10.4 Å². The first-order chi connectivity index (χ1) is 10.1. The number of thioether (sulfide) groups is 1. The quantitative estimate of drug-likeness (QED) is 0.635. The molecule has 0 radical (unpaired) electrons. The first-order valence-corrected chi connectivity index (χ1v) is 6.77. The second-order valence-corrected chi connectivity index (χ2v) is 5.27. The van der Waals surface area contributed by atoms with Gasteiger partial charge in [0.2, 0.25) is 5.91 Å². The topological polar surface area (TPSA) is 115 Å². The summed E-state index contributed by atoms with van der Waals surface area (Å²) in [6, 6.07) is 8.76. The molecule has 8 heteroatoms. The SMILES string of the molecule is N#Cc1ccc(C=NN=C2NC(=O)C(CC(=O)O)S2)cc1. The number of hydrogen-bond acceptors (Lipinski definition) is 6. The second kappa shape index (κ2) is 6.67. The van der Waals surface area contributed by atoms with E-state index in [1.165, 1.54) is 6.21 Å². The molecule has 1 aromatic carbocycles. The molecule has 0 aliphatic carbocycles. The molecule has 1 heterocycles. The number of carbonyl (C=O) groups is 2. The zero-order valence-electron chi connectivity index (χ0n) is 10.7. The number of aliphatic carboxylic acids is 1. The van der Waals surface area contributed by atoms with E-state index in [0.717, 1.165) is 17.3 Å². The van der Waals surface area contributed by atoms with Crippen LogP contribution in [0.1, 0.15) is 17.5 Å². The van der Waals surface area contributed by atoms with Gasteiger partial charge in [-0.25, -0.2) is 0 Å². The zero-order chi connectivity index (χ0) is 15.2. The Kier molecular flexibility index (Phi) is 4.68. The molecule has 0 saturated carbocycles. The Labute approximate surface area is 124 Å². The number of amides is 1. The van der Waals surface area contributed by atoms with Crippen LogP contribution in [0.25, 0.3) is 0 Å². The molecule has 1 aliphatic rings. The molecule has 1 aliphatic heterocycles. The lowest BCUT2D eigenvalue weighted by atomic mass is 10.2. The maximum atomic E-state index is 11.5. The first-order valence-electron chi connectivity index (χ1n) is 5.89. The van der Waals surface area contributed by atoms with Crippen LogP contribution in [0.3, 0.4) is 0 Å². The van der Waals surface area contributed by atoms with E-state index in [0.29, 0.717) is 5.56 Å². The normalized spacial score (nSPS) is 19.7. The molecule has 1 unspecified atom stereocenters. The third kappa shape index (κ3) is 4.15. The highest BCUT2D eigenvalue weighted by atomic mass is 32.2. The summed E-state index contributed by atoms with van der Waals surface area (Å²) >= 11 is 1.04. The standard InChI is InChI=1S/C13H10N4O3S/c14-6-8-1-3-9(4-2-8)7-15-17-13-16-12(20)10(21-13)5-11(18)19/h1-4,7,10H,5H2,(H,18,19)(H,16,17,20). The molecule has 0 spiro atoms. The highest BCUT2D eigenvalue weighted by molar-refractivity contribution is 8.15. The number of nitrogens with zero attached hydrogens (tertiary/aromatic N) is 3. The van der Waals surface area contributed by atoms with Crippen molar-refractivity contribution in [2.75, 3.05) is 0 Å². The van der Waals surface area contributed by atoms with Gasteiger partial charge in [0.05, 0.1) is 24.3 Å². The molecule has 1 aromatic rings. The Hall–Kier alpha value is -2.66. The Morgan fingerprint density at radius 1 is 1.48 bits per heavy atom. The molecule has 21 heavy (non-hydrogen) atoms. The van der Waals surface area contributed by atoms with Crippen molar-refractivity contribution in [3.63, 3.8) is 0 Å². The Morgan fingerprint density at radius 2 is 2.19 bits per heavy atom. The lowest BCUT2D eigenvalue weighted by molar-refractivity contribution is -0.138. The van der Waals surface area contributed by atoms with Crippen molar-refractivity contribution in [3.8, 4) is 6.07 Å². The number of hydrogen-bond donors (Lipinski definition) is 2. The Morgan fingerprint density at radius 3 is 2.81 bits per heavy atom. The summed E-state index contributed by atoms with van der Waals surface area (Å²) in [6.45, 7) is 0. The predicted octanol–water partition coefficient (Wildman–Crippen LogP) is 0.954. The third-order valence-electron chi connectivity index (χ3n) is 2.53. The number of amidine groups is 1. The monoisotopic (exact) mass is 302 g/mol. The minimum Gasteiger partial charge on any atom is -0.481 e. The van der Waals surface area contributed by atoms with Crippen LogP contribution in [-0.4, -0.2) is 33.6 Å². The fraction of sp³-hybridized carbons (Fsp3) is 0.154. The van der Waals surface area contributed by atoms with Gasteiger partial charge in [-0.2, -0.15) is 10.4 Å². The molecule has 1 fully saturated rings. The van der Waals surface area contributed by atoms with E-state index in [2.05, 4.69) is 15.5 Å². The van der Waals surface area contributed by atoms with Gasteiger partial charge in [0.1, 0.15) is 5.25 Å². The Balaban J connectivity index is 1.98. The van der Waals surface area contributed by atoms with E-state index in [1.807, 2.05) is 6.07 Å². The van der Waals surface area contributed by atoms with Crippen LogP contribution >= 0.6 is 11.8 Å². The van der Waals surface area contributed by atoms with Crippen molar-refractivity contribution < 1.29 is 14.7 Å². The number of carboxylic acid groups (broad SMARTS) is 1. The Bertz CT molecular complexity index is 661. The van der Waals surface area contributed by atoms with Crippen molar-refractivity contribution in [2.24, 2.45) is 10.2 Å². The van der Waals surface area contributed by atoms with Gasteiger partial charge in [-0.15, -0.1) is 5.10 Å². The molecule has 1 saturated heterocycles. The fourth-order valence-electron chi connectivity index (χ4n) is 1.54. The summed E-state index contributed by atoms with van der Waals surface area (Å²) in [5.74, 6) is -1.42. The highest BCUT2D eigenvalue weighted by Gasteiger charge is 2.32. The van der Waals surface area contributed by atoms with Crippen LogP contribution in [0.5, 0.6) is 0 Å². The molecule has 0 bridgehead atoms. The van der Waals surface area contributed by atoms with Gasteiger partial charge in [0, 0.05) is 0 Å². The van der Waals surface area contributed by atoms with Gasteiger partial charge < -0.3 is 10.4 Å². The number of nitriles is 1. The van der Waals surface area contributed by atoms with E-state index in [1.54, 1.807) is 24.3 Å². The van der Waals surface area contributed by atoms with E-state index >= 15 is 0 Å². The van der Waals surface area contributed by atoms with Crippen molar-refractivity contribution in [3.05, 3.63) is 35.4 Å². The lowest BCUT2D eigenvalue weighted by Gasteiger charge is -1.97. The summed E-state index contributed by atoms with van der Waals surface area (Å²) in [5.41, 5.74) is 1.31. The number of rotatable bonds is 4. The van der Waals surface area contributed by atoms with Crippen LogP contribution in [0, 0.1) is 11.3 Å². The number of carboxylic acids is 1. The summed E-state index contributed by atoms with van der Waals surface area (Å²) in [6.07, 6.45) is 1.22. The fourth-order valence-corrected chi connectivity index (χ4v) is 2.45. The van der Waals surface area contributed by atoms with Gasteiger partial charge in [-0.3, -0.25) is 9.59 Å². The molecular weight excluding hydrogens is 292 g/mol. The zero-order valence-corrected chi connectivity index (χ0v) is 11.5. The highest BCUT2D eigenvalue weighted by Crippen LogP contribution is 2.22. The average Bonchev–Trinajstić information content (AvgIpc) is 2.79. The minimum atomic E-state index is -1.04. The van der Waals surface area contributed by atoms with Crippen LogP contribution in [0.4, 0.5) is 0 Å². The maximum absolute atomic E-state index is 11.5. The molecule has 0 aromatic heterocycles. The molecule has 2 N–H and O–H groups in total. The first kappa shape index (κ1) is 14.7. The molecule has 1 amide bonds. The number of nitrogens with one attached hydrogen (secondary N) is 1. The number of benzene rings is 1. The van der Waals surface area contributed by atoms with Crippen LogP contribution in [0.15, 0.2) is 34.5 Å². The van der Waals surface area contributed by atoms with Crippen LogP contribution < -0.4 is 5.32 Å². The van der Waals surface area contributed by atoms with Gasteiger partial charge >= 0.3 is 5.97 Å². The van der Waals surface area contributed by atoms with E-state index < -0.39 is 11.2 Å². The lowest BCUT2D eigenvalue weighted by Crippen LogP contribution is -2.26. The van der Waals surface area contributed by atoms with Crippen molar-refractivity contribution >= 4 is 35.0 Å². The van der Waals surface area contributed by atoms with E-state index in [9.17, 15) is 9.59 Å². The molecular formula is C13H10N4O3S. The number of carbonyl (C=O) groups excluding carboxylic acids is 1. The summed E-state index contributed by atoms with van der Waals surface area (Å²) in [5, 5.41) is 27.0. The predicted molar refractivity (Wildman–Crippen MR) is 78.0 cm³/mol. The van der Waals surface area contributed by atoms with Crippen LogP contribution in [0.2, 0.25) is 0 Å². The van der Waals surface area contributed by atoms with Crippen LogP contribution in [-0.2, 0) is 9.59 Å². The van der Waals surface area contributed by atoms with Gasteiger partial charge in [-0.1, -0.05) is 23.9 Å². The largest absolute Gasteiger partial charge is 0.481 e. The van der Waals surface area contributed by atoms with Crippen molar-refractivity contribution in [1.82, 2.24) is 5.32 Å². The summed E-state index contributed by atoms with van der Waals surface area (Å²) in [7, 11) is 0. The van der Waals surface area contributed by atoms with Gasteiger partial charge in [-0.05, 0) is 17.7 Å². The van der Waals surface area contributed by atoms with Crippen molar-refractivity contribution in [2.45, 2.75) is 11.7 Å².